The molecule has 0 saturated heterocycles. The Bertz CT molecular complexity index is 1680. The molecule has 3 aromatic heterocycles. The van der Waals surface area contributed by atoms with Crippen LogP contribution < -0.4 is 24.4 Å². The zero-order valence-corrected chi connectivity index (χ0v) is 20.7. The molecule has 0 bridgehead atoms. The number of aromatic nitrogens is 4. The Labute approximate surface area is 217 Å². The third kappa shape index (κ3) is 4.23. The smallest absolute Gasteiger partial charge is 0.411 e. The van der Waals surface area contributed by atoms with E-state index in [1.165, 1.54) is 0 Å². The Balaban J connectivity index is 1.35. The first-order valence-corrected chi connectivity index (χ1v) is 11.9. The van der Waals surface area contributed by atoms with Gasteiger partial charge in [0.1, 0.15) is 12.4 Å². The number of H-pyrrole nitrogens is 1. The van der Waals surface area contributed by atoms with Crippen molar-refractivity contribution in [3.63, 3.8) is 0 Å². The summed E-state index contributed by atoms with van der Waals surface area (Å²) in [5.74, 6) is 2.23. The third-order valence-corrected chi connectivity index (χ3v) is 6.50. The summed E-state index contributed by atoms with van der Waals surface area (Å²) in [5.41, 5.74) is 5.75. The second kappa shape index (κ2) is 9.43. The monoisotopic (exact) mass is 512 g/mol. The molecule has 38 heavy (non-hydrogen) atoms. The first kappa shape index (κ1) is 23.3. The number of carbonyl (C=O) groups is 1. The van der Waals surface area contributed by atoms with E-state index in [-0.39, 0.29) is 5.95 Å². The van der Waals surface area contributed by atoms with E-state index in [9.17, 15) is 4.79 Å². The highest BCUT2D eigenvalue weighted by Crippen LogP contribution is 2.38. The minimum Gasteiger partial charge on any atom is -0.493 e. The Kier molecular flexibility index (Phi) is 5.79. The number of hydrogen-bond donors (Lipinski definition) is 3. The summed E-state index contributed by atoms with van der Waals surface area (Å²) in [6.07, 6.45) is 2.32. The van der Waals surface area contributed by atoms with E-state index in [4.69, 9.17) is 19.3 Å². The molecule has 11 heteroatoms. The Hall–Kier alpha value is -5.06. The van der Waals surface area contributed by atoms with Crippen LogP contribution in [0.3, 0.4) is 0 Å². The highest BCUT2D eigenvalue weighted by Gasteiger charge is 2.20. The average Bonchev–Trinajstić information content (AvgIpc) is 3.19. The van der Waals surface area contributed by atoms with Gasteiger partial charge in [0.05, 0.1) is 31.8 Å². The van der Waals surface area contributed by atoms with Gasteiger partial charge in [0.2, 0.25) is 5.95 Å². The van der Waals surface area contributed by atoms with Crippen LogP contribution in [0.4, 0.5) is 16.4 Å². The van der Waals surface area contributed by atoms with Gasteiger partial charge in [0.25, 0.3) is 0 Å². The number of nitrogens with one attached hydrogen (secondary N) is 2. The number of imidazole rings is 1. The molecule has 1 aliphatic rings. The molecule has 192 valence electrons. The van der Waals surface area contributed by atoms with E-state index < -0.39 is 6.09 Å². The minimum atomic E-state index is -1.20. The Morgan fingerprint density at radius 3 is 2.74 bits per heavy atom. The lowest BCUT2D eigenvalue weighted by molar-refractivity contribution is 0.209. The second-order valence-corrected chi connectivity index (χ2v) is 8.76. The fourth-order valence-corrected chi connectivity index (χ4v) is 4.73. The first-order chi connectivity index (χ1) is 18.5. The molecular formula is C27H24N6O5. The fraction of sp³-hybridized carbons (Fsp3) is 0.185. The van der Waals surface area contributed by atoms with E-state index in [0.29, 0.717) is 42.4 Å². The predicted molar refractivity (Wildman–Crippen MR) is 142 cm³/mol. The fourth-order valence-electron chi connectivity index (χ4n) is 4.73. The molecule has 6 rings (SSSR count). The molecule has 0 atom stereocenters. The average molecular weight is 513 g/mol. The van der Waals surface area contributed by atoms with Gasteiger partial charge in [-0.3, -0.25) is 10.3 Å². The van der Waals surface area contributed by atoms with Gasteiger partial charge in [0.15, 0.2) is 17.1 Å². The molecule has 4 heterocycles. The van der Waals surface area contributed by atoms with Gasteiger partial charge in [-0.15, -0.1) is 0 Å². The quantitative estimate of drug-likeness (QED) is 0.307. The molecule has 0 radical (unpaired) electrons. The highest BCUT2D eigenvalue weighted by atomic mass is 16.5. The maximum atomic E-state index is 10.9. The van der Waals surface area contributed by atoms with Crippen LogP contribution in [0.15, 0.2) is 54.9 Å². The minimum absolute atomic E-state index is 0.127. The predicted octanol–water partition coefficient (Wildman–Crippen LogP) is 4.68. The number of fused-ring (bicyclic) bond motifs is 3. The van der Waals surface area contributed by atoms with E-state index in [1.54, 1.807) is 26.6 Å². The van der Waals surface area contributed by atoms with Crippen molar-refractivity contribution in [3.05, 3.63) is 60.4 Å². The number of aromatic amines is 1. The number of benzene rings is 2. The molecule has 0 aliphatic carbocycles. The molecular weight excluding hydrogens is 488 g/mol. The van der Waals surface area contributed by atoms with Crippen LogP contribution in [0.1, 0.15) is 5.56 Å². The topological polar surface area (TPSA) is 135 Å². The molecule has 0 unspecified atom stereocenters. The van der Waals surface area contributed by atoms with Crippen molar-refractivity contribution in [3.8, 4) is 28.4 Å². The van der Waals surface area contributed by atoms with Gasteiger partial charge in [-0.1, -0.05) is 6.07 Å². The van der Waals surface area contributed by atoms with Crippen LogP contribution in [-0.2, 0) is 6.54 Å². The summed E-state index contributed by atoms with van der Waals surface area (Å²) in [7, 11) is 3.23. The lowest BCUT2D eigenvalue weighted by atomic mass is 10.0. The van der Waals surface area contributed by atoms with Crippen molar-refractivity contribution >= 4 is 39.8 Å². The van der Waals surface area contributed by atoms with Crippen molar-refractivity contribution in [1.29, 1.82) is 0 Å². The number of carboxylic acid groups (broad SMARTS) is 1. The van der Waals surface area contributed by atoms with E-state index in [2.05, 4.69) is 36.2 Å². The lowest BCUT2D eigenvalue weighted by Gasteiger charge is -2.24. The zero-order valence-electron chi connectivity index (χ0n) is 20.7. The highest BCUT2D eigenvalue weighted by molar-refractivity contribution is 5.94. The van der Waals surface area contributed by atoms with Crippen LogP contribution in [-0.4, -0.2) is 58.5 Å². The number of rotatable bonds is 5. The molecule has 3 N–H and O–H groups in total. The van der Waals surface area contributed by atoms with Gasteiger partial charge < -0.3 is 29.2 Å². The van der Waals surface area contributed by atoms with Gasteiger partial charge >= 0.3 is 6.09 Å². The number of pyridine rings is 2. The van der Waals surface area contributed by atoms with Crippen LogP contribution in [0, 0.1) is 0 Å². The Morgan fingerprint density at radius 2 is 1.92 bits per heavy atom. The summed E-state index contributed by atoms with van der Waals surface area (Å²) in [4.78, 5) is 29.2. The normalized spacial score (nSPS) is 13.1. The summed E-state index contributed by atoms with van der Waals surface area (Å²) >= 11 is 0. The summed E-state index contributed by atoms with van der Waals surface area (Å²) < 4.78 is 17.1. The van der Waals surface area contributed by atoms with Gasteiger partial charge in [-0.05, 0) is 35.9 Å². The maximum Gasteiger partial charge on any atom is 0.411 e. The van der Waals surface area contributed by atoms with Gasteiger partial charge in [-0.2, -0.15) is 4.98 Å². The molecule has 11 nitrogen and oxygen atoms in total. The summed E-state index contributed by atoms with van der Waals surface area (Å²) in [6, 6.07) is 13.8. The number of nitrogens with zero attached hydrogens (tertiary/aromatic N) is 4. The van der Waals surface area contributed by atoms with Crippen LogP contribution in [0.2, 0.25) is 0 Å². The Morgan fingerprint density at radius 1 is 1.08 bits per heavy atom. The molecule has 0 saturated carbocycles. The first-order valence-electron chi connectivity index (χ1n) is 11.9. The van der Waals surface area contributed by atoms with E-state index in [1.807, 2.05) is 36.4 Å². The van der Waals surface area contributed by atoms with Crippen LogP contribution >= 0.6 is 0 Å². The maximum absolute atomic E-state index is 10.9. The molecule has 2 aromatic carbocycles. The van der Waals surface area contributed by atoms with Crippen molar-refractivity contribution in [1.82, 2.24) is 19.9 Å². The molecule has 1 aliphatic heterocycles. The van der Waals surface area contributed by atoms with Crippen molar-refractivity contribution in [2.24, 2.45) is 0 Å². The standard InChI is InChI=1S/C27H24N6O5/c1-36-23-11-18-19(12-24(23)37-2)28-6-5-21(18)33-7-8-38-22-4-3-15(9-17(22)14-33)16-10-20-25(29-13-16)31-26(30-20)32-27(34)35/h3-6,9-13H,7-8,14H2,1-2H3,(H,34,35)(H2,29,30,31,32). The summed E-state index contributed by atoms with van der Waals surface area (Å²) in [6.45, 7) is 1.85. The number of amides is 1. The van der Waals surface area contributed by atoms with Gasteiger partial charge in [0, 0.05) is 47.2 Å². The lowest BCUT2D eigenvalue weighted by Crippen LogP contribution is -2.25. The van der Waals surface area contributed by atoms with Crippen molar-refractivity contribution in [2.75, 3.05) is 37.6 Å². The van der Waals surface area contributed by atoms with Crippen LogP contribution in [0.5, 0.6) is 17.2 Å². The van der Waals surface area contributed by atoms with Crippen molar-refractivity contribution < 1.29 is 24.1 Å². The van der Waals surface area contributed by atoms with Gasteiger partial charge in [-0.25, -0.2) is 9.78 Å². The number of hydrogen-bond acceptors (Lipinski definition) is 8. The van der Waals surface area contributed by atoms with Crippen molar-refractivity contribution in [2.45, 2.75) is 6.54 Å². The molecule has 5 aromatic rings. The molecule has 1 amide bonds. The SMILES string of the molecule is COc1cc2nccc(N3CCOc4ccc(-c5cnc6nc(NC(=O)O)[nH]c6c5)cc4C3)c2cc1OC. The number of anilines is 2. The number of ether oxygens (including phenoxy) is 3. The molecule has 0 spiro atoms. The van der Waals surface area contributed by atoms with E-state index in [0.717, 1.165) is 39.0 Å². The largest absolute Gasteiger partial charge is 0.493 e. The van der Waals surface area contributed by atoms with Crippen LogP contribution in [0.25, 0.3) is 33.2 Å². The zero-order chi connectivity index (χ0) is 26.2. The third-order valence-electron chi connectivity index (χ3n) is 6.50. The second-order valence-electron chi connectivity index (χ2n) is 8.76. The van der Waals surface area contributed by atoms with E-state index >= 15 is 0 Å². The summed E-state index contributed by atoms with van der Waals surface area (Å²) in [5, 5.41) is 12.1. The number of methoxy groups -OCH3 is 2. The molecule has 0 fully saturated rings.